The maximum atomic E-state index is 5.71. The standard InChI is InChI=1S/C8H11BrN2S/c9-6-5-7(10)12-8(6)11-3-1-2-4-11/h5H,1-4,10H2. The molecule has 1 saturated heterocycles. The molecule has 1 aliphatic heterocycles. The normalized spacial score (nSPS) is 17.2. The van der Waals surface area contributed by atoms with Gasteiger partial charge in [0.05, 0.1) is 9.47 Å². The minimum absolute atomic E-state index is 0.892. The molecule has 0 aliphatic carbocycles. The van der Waals surface area contributed by atoms with Crippen LogP contribution in [0, 0.1) is 0 Å². The first kappa shape index (κ1) is 8.38. The summed E-state index contributed by atoms with van der Waals surface area (Å²) in [5.41, 5.74) is 5.71. The second-order valence-electron chi connectivity index (χ2n) is 3.00. The fourth-order valence-electron chi connectivity index (χ4n) is 1.51. The molecule has 0 unspecified atom stereocenters. The molecule has 2 N–H and O–H groups in total. The van der Waals surface area contributed by atoms with Crippen LogP contribution in [-0.2, 0) is 0 Å². The van der Waals surface area contributed by atoms with E-state index in [9.17, 15) is 0 Å². The average Bonchev–Trinajstić information content (AvgIpc) is 2.58. The van der Waals surface area contributed by atoms with Gasteiger partial charge >= 0.3 is 0 Å². The predicted molar refractivity (Wildman–Crippen MR) is 57.9 cm³/mol. The predicted octanol–water partition coefficient (Wildman–Crippen LogP) is 2.69. The number of nitrogen functional groups attached to an aromatic ring is 1. The smallest absolute Gasteiger partial charge is 0.107 e. The fourth-order valence-corrected chi connectivity index (χ4v) is 3.27. The lowest BCUT2D eigenvalue weighted by molar-refractivity contribution is 0.949. The molecular weight excluding hydrogens is 236 g/mol. The van der Waals surface area contributed by atoms with Crippen LogP contribution in [0.15, 0.2) is 10.5 Å². The highest BCUT2D eigenvalue weighted by Crippen LogP contribution is 2.38. The lowest BCUT2D eigenvalue weighted by atomic mass is 10.4. The van der Waals surface area contributed by atoms with Crippen LogP contribution in [0.2, 0.25) is 0 Å². The zero-order valence-corrected chi connectivity index (χ0v) is 9.12. The molecule has 2 rings (SSSR count). The Bertz CT molecular complexity index is 279. The maximum absolute atomic E-state index is 5.71. The quantitative estimate of drug-likeness (QED) is 0.826. The van der Waals surface area contributed by atoms with Gasteiger partial charge in [0.1, 0.15) is 5.00 Å². The number of thiophene rings is 1. The lowest BCUT2D eigenvalue weighted by Gasteiger charge is -2.14. The maximum Gasteiger partial charge on any atom is 0.107 e. The second kappa shape index (κ2) is 3.26. The summed E-state index contributed by atoms with van der Waals surface area (Å²) in [5, 5.41) is 2.19. The summed E-state index contributed by atoms with van der Waals surface area (Å²) < 4.78 is 1.15. The van der Waals surface area contributed by atoms with Crippen molar-refractivity contribution in [1.82, 2.24) is 0 Å². The van der Waals surface area contributed by atoms with Crippen LogP contribution in [0.4, 0.5) is 10.0 Å². The SMILES string of the molecule is Nc1cc(Br)c(N2CCCC2)s1. The molecule has 12 heavy (non-hydrogen) atoms. The van der Waals surface area contributed by atoms with Crippen LogP contribution in [-0.4, -0.2) is 13.1 Å². The molecule has 0 radical (unpaired) electrons. The highest BCUT2D eigenvalue weighted by molar-refractivity contribution is 9.10. The molecule has 0 amide bonds. The van der Waals surface area contributed by atoms with E-state index in [1.165, 1.54) is 30.9 Å². The van der Waals surface area contributed by atoms with Crippen molar-refractivity contribution in [3.63, 3.8) is 0 Å². The molecule has 0 spiro atoms. The first-order valence-electron chi connectivity index (χ1n) is 4.07. The zero-order valence-electron chi connectivity index (χ0n) is 6.72. The molecule has 0 aromatic carbocycles. The van der Waals surface area contributed by atoms with Crippen LogP contribution in [0.3, 0.4) is 0 Å². The molecular formula is C8H11BrN2S. The number of hydrogen-bond acceptors (Lipinski definition) is 3. The van der Waals surface area contributed by atoms with Crippen LogP contribution in [0.25, 0.3) is 0 Å². The van der Waals surface area contributed by atoms with E-state index in [4.69, 9.17) is 5.73 Å². The minimum atomic E-state index is 0.892. The van der Waals surface area contributed by atoms with Gasteiger partial charge < -0.3 is 10.6 Å². The Kier molecular flexibility index (Phi) is 2.28. The molecule has 2 heterocycles. The first-order chi connectivity index (χ1) is 5.77. The van der Waals surface area contributed by atoms with Gasteiger partial charge in [0, 0.05) is 13.1 Å². The lowest BCUT2D eigenvalue weighted by Crippen LogP contribution is -2.16. The Morgan fingerprint density at radius 3 is 2.58 bits per heavy atom. The molecule has 0 atom stereocenters. The van der Waals surface area contributed by atoms with Gasteiger partial charge in [0.15, 0.2) is 0 Å². The zero-order chi connectivity index (χ0) is 8.55. The summed E-state index contributed by atoms with van der Waals surface area (Å²) in [7, 11) is 0. The van der Waals surface area contributed by atoms with Crippen molar-refractivity contribution in [3.8, 4) is 0 Å². The van der Waals surface area contributed by atoms with E-state index in [0.717, 1.165) is 9.47 Å². The van der Waals surface area contributed by atoms with E-state index in [1.54, 1.807) is 11.3 Å². The molecule has 0 bridgehead atoms. The molecule has 1 aliphatic rings. The Labute approximate surface area is 84.5 Å². The monoisotopic (exact) mass is 246 g/mol. The molecule has 0 saturated carbocycles. The molecule has 1 fully saturated rings. The third-order valence-electron chi connectivity index (χ3n) is 2.08. The summed E-state index contributed by atoms with van der Waals surface area (Å²) in [6, 6.07) is 1.98. The van der Waals surface area contributed by atoms with Gasteiger partial charge in [-0.2, -0.15) is 0 Å². The Hall–Kier alpha value is -0.220. The Morgan fingerprint density at radius 1 is 1.42 bits per heavy atom. The molecule has 4 heteroatoms. The summed E-state index contributed by atoms with van der Waals surface area (Å²) in [6.45, 7) is 2.36. The molecule has 1 aromatic rings. The van der Waals surface area contributed by atoms with Crippen molar-refractivity contribution >= 4 is 37.3 Å². The van der Waals surface area contributed by atoms with Crippen molar-refractivity contribution in [2.24, 2.45) is 0 Å². The fraction of sp³-hybridized carbons (Fsp3) is 0.500. The molecule has 66 valence electrons. The largest absolute Gasteiger partial charge is 0.390 e. The van der Waals surface area contributed by atoms with E-state index in [2.05, 4.69) is 20.8 Å². The third-order valence-corrected chi connectivity index (χ3v) is 3.97. The number of rotatable bonds is 1. The summed E-state index contributed by atoms with van der Waals surface area (Å²) >= 11 is 5.18. The summed E-state index contributed by atoms with van der Waals surface area (Å²) in [6.07, 6.45) is 2.62. The Morgan fingerprint density at radius 2 is 2.08 bits per heavy atom. The van der Waals surface area contributed by atoms with E-state index < -0.39 is 0 Å². The van der Waals surface area contributed by atoms with Crippen molar-refractivity contribution < 1.29 is 0 Å². The van der Waals surface area contributed by atoms with E-state index in [1.807, 2.05) is 6.07 Å². The van der Waals surface area contributed by atoms with Crippen molar-refractivity contribution in [2.45, 2.75) is 12.8 Å². The minimum Gasteiger partial charge on any atom is -0.390 e. The second-order valence-corrected chi connectivity index (χ2v) is 4.91. The van der Waals surface area contributed by atoms with Gasteiger partial charge in [-0.05, 0) is 34.8 Å². The third kappa shape index (κ3) is 1.45. The van der Waals surface area contributed by atoms with Gasteiger partial charge in [0.25, 0.3) is 0 Å². The van der Waals surface area contributed by atoms with Gasteiger partial charge in [-0.3, -0.25) is 0 Å². The molecule has 1 aromatic heterocycles. The van der Waals surface area contributed by atoms with Gasteiger partial charge in [0.2, 0.25) is 0 Å². The number of nitrogens with zero attached hydrogens (tertiary/aromatic N) is 1. The average molecular weight is 247 g/mol. The summed E-state index contributed by atoms with van der Waals surface area (Å²) in [5.74, 6) is 0. The van der Waals surface area contributed by atoms with E-state index >= 15 is 0 Å². The van der Waals surface area contributed by atoms with Crippen LogP contribution in [0.5, 0.6) is 0 Å². The van der Waals surface area contributed by atoms with Crippen molar-refractivity contribution in [2.75, 3.05) is 23.7 Å². The van der Waals surface area contributed by atoms with Crippen LogP contribution >= 0.6 is 27.3 Å². The van der Waals surface area contributed by atoms with Crippen LogP contribution in [0.1, 0.15) is 12.8 Å². The highest BCUT2D eigenvalue weighted by Gasteiger charge is 2.16. The van der Waals surface area contributed by atoms with E-state index in [0.29, 0.717) is 0 Å². The van der Waals surface area contributed by atoms with Crippen molar-refractivity contribution in [3.05, 3.63) is 10.5 Å². The van der Waals surface area contributed by atoms with Gasteiger partial charge in [-0.25, -0.2) is 0 Å². The number of halogens is 1. The van der Waals surface area contributed by atoms with E-state index in [-0.39, 0.29) is 0 Å². The Balaban J connectivity index is 2.25. The first-order valence-corrected chi connectivity index (χ1v) is 5.68. The van der Waals surface area contributed by atoms with Gasteiger partial charge in [-0.1, -0.05) is 0 Å². The number of anilines is 2. The van der Waals surface area contributed by atoms with Gasteiger partial charge in [-0.15, -0.1) is 11.3 Å². The number of hydrogen-bond donors (Lipinski definition) is 1. The summed E-state index contributed by atoms with van der Waals surface area (Å²) in [4.78, 5) is 2.39. The highest BCUT2D eigenvalue weighted by atomic mass is 79.9. The van der Waals surface area contributed by atoms with Crippen LogP contribution < -0.4 is 10.6 Å². The molecule has 2 nitrogen and oxygen atoms in total. The van der Waals surface area contributed by atoms with Crippen molar-refractivity contribution in [1.29, 1.82) is 0 Å². The number of nitrogens with two attached hydrogens (primary N) is 1. The topological polar surface area (TPSA) is 29.3 Å².